The van der Waals surface area contributed by atoms with Gasteiger partial charge in [-0.05, 0) is 131 Å². The molecule has 13 aromatic rings. The first kappa shape index (κ1) is 49.6. The molecule has 0 amide bonds. The van der Waals surface area contributed by atoms with Crippen LogP contribution in [0.4, 0.5) is 0 Å². The number of hydrogen-bond donors (Lipinski definition) is 0. The standard InChI is InChI=1S/C53H34N2.C11H8N.C6H9O.Ir/c1-2-16-44(17-3-1)55-50-21-11-10-20-49(50)54-53(55)38-26-22-37(23-27-38)41-30-31-47-48(34-41)52(43-29-25-36-13-5-7-15-40(36)33-43)46-19-9-8-18-45(46)51(47)42-28-24-35-12-4-6-14-39(35)32-42;1-2-6-10(7-3-1)11-8-4-5-9-12-11;1-5(2)4-6(3)7;/h1-34H;1-6,8-9H;4H,1H2,2-3H3;/q;2*-1;/p+1. The van der Waals surface area contributed by atoms with Crippen LogP contribution in [-0.4, -0.2) is 25.1 Å². The molecule has 4 nitrogen and oxygen atoms in total. The van der Waals surface area contributed by atoms with Crippen molar-refractivity contribution in [1.29, 1.82) is 0 Å². The zero-order valence-corrected chi connectivity index (χ0v) is 44.1. The number of imidazole rings is 1. The molecule has 2 aromatic heterocycles. The van der Waals surface area contributed by atoms with E-state index in [1.165, 1.54) is 70.9 Å². The van der Waals surface area contributed by atoms with Gasteiger partial charge in [-0.3, -0.25) is 9.36 Å². The van der Waals surface area contributed by atoms with Gasteiger partial charge >= 0.3 is 0 Å². The summed E-state index contributed by atoms with van der Waals surface area (Å²) in [7, 11) is 0. The molecule has 2 heterocycles. The van der Waals surface area contributed by atoms with Crippen molar-refractivity contribution in [3.8, 4) is 61.7 Å². The summed E-state index contributed by atoms with van der Waals surface area (Å²) in [6.45, 7) is 7.01. The summed E-state index contributed by atoms with van der Waals surface area (Å²) in [5, 5.41) is 9.97. The first-order chi connectivity index (χ1) is 36.4. The maximum absolute atomic E-state index is 8.52. The van der Waals surface area contributed by atoms with Gasteiger partial charge in [0.2, 0.25) is 5.78 Å². The number of fused-ring (bicyclic) bond motifs is 5. The van der Waals surface area contributed by atoms with Crippen molar-refractivity contribution >= 4 is 59.9 Å². The van der Waals surface area contributed by atoms with Gasteiger partial charge in [0.25, 0.3) is 0 Å². The van der Waals surface area contributed by atoms with Crippen LogP contribution < -0.4 is 0 Å². The van der Waals surface area contributed by atoms with Crippen LogP contribution >= 0.6 is 0 Å². The Bertz CT molecular complexity index is 4120. The number of allylic oxidation sites excluding steroid dienone is 2. The number of hydrogen-bond acceptors (Lipinski definition) is 2. The molecule has 13 rings (SSSR count). The van der Waals surface area contributed by atoms with E-state index in [1.54, 1.807) is 19.2 Å². The number of pyridine rings is 1. The van der Waals surface area contributed by atoms with E-state index >= 15 is 0 Å². The van der Waals surface area contributed by atoms with Crippen LogP contribution in [-0.2, 0) is 20.1 Å². The zero-order chi connectivity index (χ0) is 50.4. The van der Waals surface area contributed by atoms with Crippen LogP contribution in [0.25, 0.3) is 116 Å². The smallest absolute Gasteiger partial charge is 0.238 e. The molecular formula is C70H52IrN3O-. The van der Waals surface area contributed by atoms with Gasteiger partial charge in [-0.1, -0.05) is 183 Å². The summed E-state index contributed by atoms with van der Waals surface area (Å²) in [5.41, 5.74) is 14.4. The topological polar surface area (TPSA) is 52.1 Å². The molecule has 0 saturated heterocycles. The molecule has 75 heavy (non-hydrogen) atoms. The quantitative estimate of drug-likeness (QED) is 0.0691. The van der Waals surface area contributed by atoms with Crippen LogP contribution in [0.2, 0.25) is 0 Å². The third-order valence-electron chi connectivity index (χ3n) is 13.3. The Kier molecular flexibility index (Phi) is 14.8. The first-order valence-electron chi connectivity index (χ1n) is 24.9. The molecule has 5 heteroatoms. The van der Waals surface area contributed by atoms with E-state index < -0.39 is 0 Å². The predicted octanol–water partition coefficient (Wildman–Crippen LogP) is 18.2. The minimum absolute atomic E-state index is 0. The SMILES string of the molecule is [CH2-]C(C)=CC(C)=[OH+].[Ir].[c-]1ccccc1-c1ccccn1.c1ccc(-n2c(-c3ccc(-c4ccc5c(-c6ccc7ccccc7c6)c6ccccc6c(-c6ccc7ccccc7c6)c5c4)cc3)nc3ccccc32)cc1. The summed E-state index contributed by atoms with van der Waals surface area (Å²) in [4.78, 5) is 17.9. The Morgan fingerprint density at radius 2 is 1.01 bits per heavy atom. The van der Waals surface area contributed by atoms with E-state index in [0.717, 1.165) is 50.5 Å². The van der Waals surface area contributed by atoms with Crippen molar-refractivity contribution in [2.24, 2.45) is 0 Å². The molecule has 11 aromatic carbocycles. The molecule has 0 saturated carbocycles. The fourth-order valence-corrected chi connectivity index (χ4v) is 9.97. The van der Waals surface area contributed by atoms with Crippen molar-refractivity contribution in [3.05, 3.63) is 280 Å². The van der Waals surface area contributed by atoms with Crippen LogP contribution in [0.5, 0.6) is 0 Å². The second kappa shape index (κ2) is 22.4. The molecular weight excluding hydrogens is 1090 g/mol. The number of para-hydroxylation sites is 3. The summed E-state index contributed by atoms with van der Waals surface area (Å²) in [6.07, 6.45) is 3.40. The maximum Gasteiger partial charge on any atom is 0.238 e. The molecule has 0 aliphatic heterocycles. The fraction of sp³-hybridized carbons (Fsp3) is 0.0286. The van der Waals surface area contributed by atoms with Gasteiger partial charge in [0, 0.05) is 44.5 Å². The second-order valence-corrected chi connectivity index (χ2v) is 18.5. The average Bonchev–Trinajstić information content (AvgIpc) is 3.86. The minimum atomic E-state index is 0. The first-order valence-corrected chi connectivity index (χ1v) is 24.9. The van der Waals surface area contributed by atoms with Gasteiger partial charge in [-0.2, -0.15) is 0 Å². The number of rotatable bonds is 7. The van der Waals surface area contributed by atoms with Gasteiger partial charge in [-0.15, -0.1) is 42.0 Å². The van der Waals surface area contributed by atoms with Gasteiger partial charge in [0.15, 0.2) is 0 Å². The van der Waals surface area contributed by atoms with Crippen molar-refractivity contribution < 1.29 is 24.9 Å². The summed E-state index contributed by atoms with van der Waals surface area (Å²) in [6, 6.07) is 91.6. The molecule has 0 unspecified atom stereocenters. The molecule has 0 fully saturated rings. The molecule has 0 aliphatic carbocycles. The van der Waals surface area contributed by atoms with Crippen LogP contribution in [0.15, 0.2) is 267 Å². The Morgan fingerprint density at radius 1 is 0.480 bits per heavy atom. The second-order valence-electron chi connectivity index (χ2n) is 18.5. The monoisotopic (exact) mass is 1140 g/mol. The van der Waals surface area contributed by atoms with Crippen LogP contribution in [0.3, 0.4) is 0 Å². The molecule has 0 bridgehead atoms. The summed E-state index contributed by atoms with van der Waals surface area (Å²) < 4.78 is 2.26. The van der Waals surface area contributed by atoms with Gasteiger partial charge in [-0.25, -0.2) is 17.5 Å². The predicted molar refractivity (Wildman–Crippen MR) is 313 cm³/mol. The number of ketones is 1. The van der Waals surface area contributed by atoms with Crippen LogP contribution in [0.1, 0.15) is 13.8 Å². The van der Waals surface area contributed by atoms with Crippen molar-refractivity contribution in [3.63, 3.8) is 0 Å². The van der Waals surface area contributed by atoms with Crippen molar-refractivity contribution in [2.45, 2.75) is 13.8 Å². The van der Waals surface area contributed by atoms with Gasteiger partial charge in [0.1, 0.15) is 5.82 Å². The van der Waals surface area contributed by atoms with E-state index in [-0.39, 0.29) is 20.1 Å². The Morgan fingerprint density at radius 3 is 1.61 bits per heavy atom. The van der Waals surface area contributed by atoms with E-state index in [9.17, 15) is 0 Å². The molecule has 0 aliphatic rings. The largest absolute Gasteiger partial charge is 0.305 e. The van der Waals surface area contributed by atoms with Crippen molar-refractivity contribution in [2.75, 3.05) is 0 Å². The van der Waals surface area contributed by atoms with E-state index in [2.05, 4.69) is 229 Å². The summed E-state index contributed by atoms with van der Waals surface area (Å²) in [5.74, 6) is 1.25. The molecule has 0 atom stereocenters. The molecule has 0 spiro atoms. The number of carbonyl (C=O) groups excluding carboxylic acids is 1. The van der Waals surface area contributed by atoms with E-state index in [0.29, 0.717) is 5.78 Å². The van der Waals surface area contributed by atoms with Crippen LogP contribution in [0, 0.1) is 13.0 Å². The maximum atomic E-state index is 8.52. The fourth-order valence-electron chi connectivity index (χ4n) is 9.97. The van der Waals surface area contributed by atoms with Gasteiger partial charge < -0.3 is 4.98 Å². The zero-order valence-electron chi connectivity index (χ0n) is 41.7. The third-order valence-corrected chi connectivity index (χ3v) is 13.3. The number of aromatic nitrogens is 3. The number of benzene rings is 11. The number of nitrogens with zero attached hydrogens (tertiary/aromatic N) is 3. The summed E-state index contributed by atoms with van der Waals surface area (Å²) >= 11 is 0. The molecule has 1 N–H and O–H groups in total. The van der Waals surface area contributed by atoms with Crippen molar-refractivity contribution in [1.82, 2.24) is 14.5 Å². The Labute approximate surface area is 451 Å². The Hall–Kier alpha value is -8.99. The normalized spacial score (nSPS) is 11.1. The average molecular weight is 1140 g/mol. The van der Waals surface area contributed by atoms with E-state index in [1.807, 2.05) is 49.4 Å². The molecule has 363 valence electrons. The van der Waals surface area contributed by atoms with Gasteiger partial charge in [0.05, 0.1) is 11.0 Å². The van der Waals surface area contributed by atoms with E-state index in [4.69, 9.17) is 9.78 Å². The third kappa shape index (κ3) is 10.6. The Balaban J connectivity index is 0.000000271. The molecule has 1 radical (unpaired) electrons. The minimum Gasteiger partial charge on any atom is -0.305 e.